The highest BCUT2D eigenvalue weighted by Crippen LogP contribution is 2.30. The summed E-state index contributed by atoms with van der Waals surface area (Å²) in [5.74, 6) is 0.0984. The molecule has 5 rings (SSSR count). The van der Waals surface area contributed by atoms with E-state index in [1.54, 1.807) is 12.5 Å². The average molecular weight is 428 g/mol. The van der Waals surface area contributed by atoms with E-state index >= 15 is 0 Å². The summed E-state index contributed by atoms with van der Waals surface area (Å²) < 4.78 is 5.57. The maximum absolute atomic E-state index is 12.6. The molecule has 1 aliphatic rings. The van der Waals surface area contributed by atoms with Crippen molar-refractivity contribution in [3.05, 3.63) is 66.2 Å². The number of nitrogens with zero attached hydrogens (tertiary/aromatic N) is 3. The number of aryl methyl sites for hydroxylation is 1. The zero-order valence-electron chi connectivity index (χ0n) is 18.0. The van der Waals surface area contributed by atoms with Crippen LogP contribution in [0.25, 0.3) is 33.5 Å². The fourth-order valence-corrected chi connectivity index (χ4v) is 4.11. The largest absolute Gasteiger partial charge is 0.462 e. The number of esters is 1. The van der Waals surface area contributed by atoms with Crippen LogP contribution in [0.15, 0.2) is 55.0 Å². The van der Waals surface area contributed by atoms with Gasteiger partial charge in [0, 0.05) is 22.8 Å². The van der Waals surface area contributed by atoms with Crippen molar-refractivity contribution in [2.45, 2.75) is 19.8 Å². The molecule has 1 aromatic carbocycles. The first-order chi connectivity index (χ1) is 15.7. The molecule has 162 valence electrons. The van der Waals surface area contributed by atoms with Crippen molar-refractivity contribution in [1.82, 2.24) is 25.3 Å². The Morgan fingerprint density at radius 1 is 1.12 bits per heavy atom. The summed E-state index contributed by atoms with van der Waals surface area (Å²) in [6.45, 7) is 4.39. The van der Waals surface area contributed by atoms with Crippen molar-refractivity contribution in [3.63, 3.8) is 0 Å². The van der Waals surface area contributed by atoms with Crippen molar-refractivity contribution in [3.8, 4) is 22.6 Å². The molecule has 4 heterocycles. The summed E-state index contributed by atoms with van der Waals surface area (Å²) in [6.07, 6.45) is 5.33. The van der Waals surface area contributed by atoms with Crippen LogP contribution in [-0.2, 0) is 4.74 Å². The molecule has 0 bridgehead atoms. The van der Waals surface area contributed by atoms with Crippen LogP contribution in [0.4, 0.5) is 0 Å². The molecule has 1 aliphatic heterocycles. The Hall–Kier alpha value is -3.58. The van der Waals surface area contributed by atoms with Gasteiger partial charge in [0.1, 0.15) is 0 Å². The lowest BCUT2D eigenvalue weighted by atomic mass is 9.99. The fourth-order valence-electron chi connectivity index (χ4n) is 4.11. The summed E-state index contributed by atoms with van der Waals surface area (Å²) in [6, 6.07) is 13.7. The van der Waals surface area contributed by atoms with Gasteiger partial charge in [0.05, 0.1) is 41.1 Å². The molecule has 0 radical (unpaired) electrons. The molecule has 0 atom stereocenters. The number of carbonyl (C=O) groups excluding carboxylic acids is 1. The van der Waals surface area contributed by atoms with E-state index in [9.17, 15) is 4.79 Å². The second kappa shape index (κ2) is 8.88. The lowest BCUT2D eigenvalue weighted by Gasteiger charge is -2.22. The number of imidazole rings is 1. The molecule has 7 nitrogen and oxygen atoms in total. The molecule has 1 fully saturated rings. The van der Waals surface area contributed by atoms with Gasteiger partial charge in [0.25, 0.3) is 0 Å². The molecular weight excluding hydrogens is 402 g/mol. The van der Waals surface area contributed by atoms with Crippen LogP contribution in [0.1, 0.15) is 28.9 Å². The molecule has 0 aliphatic carbocycles. The first-order valence-corrected chi connectivity index (χ1v) is 10.9. The van der Waals surface area contributed by atoms with E-state index in [0.717, 1.165) is 65.2 Å². The summed E-state index contributed by atoms with van der Waals surface area (Å²) in [5, 5.41) is 4.19. The van der Waals surface area contributed by atoms with Crippen LogP contribution >= 0.6 is 0 Å². The number of rotatable bonds is 5. The Morgan fingerprint density at radius 2 is 2.00 bits per heavy atom. The molecule has 2 N–H and O–H groups in total. The fraction of sp³-hybridized carbons (Fsp3) is 0.280. The number of aromatic amines is 1. The Labute approximate surface area is 186 Å². The Balaban J connectivity index is 1.41. The van der Waals surface area contributed by atoms with Gasteiger partial charge in [0.15, 0.2) is 0 Å². The SMILES string of the molecule is Cc1cccc(-c2[nH]cnc2-c2ccc3ncc(C(=O)OCC4CCNCC4)cc3c2)n1. The summed E-state index contributed by atoms with van der Waals surface area (Å²) in [4.78, 5) is 29.4. The number of fused-ring (bicyclic) bond motifs is 1. The average Bonchev–Trinajstić information content (AvgIpc) is 3.32. The van der Waals surface area contributed by atoms with Crippen molar-refractivity contribution in [2.24, 2.45) is 5.92 Å². The Morgan fingerprint density at radius 3 is 2.84 bits per heavy atom. The lowest BCUT2D eigenvalue weighted by Crippen LogP contribution is -2.30. The van der Waals surface area contributed by atoms with E-state index in [0.29, 0.717) is 18.1 Å². The highest BCUT2D eigenvalue weighted by Gasteiger charge is 2.17. The second-order valence-corrected chi connectivity index (χ2v) is 8.21. The van der Waals surface area contributed by atoms with Gasteiger partial charge in [-0.2, -0.15) is 0 Å². The highest BCUT2D eigenvalue weighted by atomic mass is 16.5. The minimum atomic E-state index is -0.326. The van der Waals surface area contributed by atoms with Crippen molar-refractivity contribution >= 4 is 16.9 Å². The molecular formula is C25H25N5O2. The van der Waals surface area contributed by atoms with E-state index in [4.69, 9.17) is 4.74 Å². The standard InChI is InChI=1S/C25H25N5O2/c1-16-3-2-4-22(30-16)24-23(28-15-29-24)18-5-6-21-19(11-18)12-20(13-27-21)25(31)32-14-17-7-9-26-10-8-17/h2-6,11-13,15,17,26H,7-10,14H2,1H3,(H,28,29). The Kier molecular flexibility index (Phi) is 5.64. The monoisotopic (exact) mass is 427 g/mol. The first-order valence-electron chi connectivity index (χ1n) is 10.9. The number of hydrogen-bond acceptors (Lipinski definition) is 6. The summed E-state index contributed by atoms with van der Waals surface area (Å²) >= 11 is 0. The molecule has 4 aromatic rings. The van der Waals surface area contributed by atoms with Crippen molar-refractivity contribution in [1.29, 1.82) is 0 Å². The number of benzene rings is 1. The van der Waals surface area contributed by atoms with Crippen LogP contribution in [0.5, 0.6) is 0 Å². The zero-order valence-corrected chi connectivity index (χ0v) is 18.0. The molecule has 0 saturated carbocycles. The third-order valence-corrected chi connectivity index (χ3v) is 5.88. The topological polar surface area (TPSA) is 92.8 Å². The van der Waals surface area contributed by atoms with E-state index in [1.165, 1.54) is 0 Å². The highest BCUT2D eigenvalue weighted by molar-refractivity contribution is 5.95. The second-order valence-electron chi connectivity index (χ2n) is 8.21. The first kappa shape index (κ1) is 20.3. The number of pyridine rings is 2. The van der Waals surface area contributed by atoms with Gasteiger partial charge in [-0.3, -0.25) is 9.97 Å². The normalized spacial score (nSPS) is 14.5. The molecule has 3 aromatic heterocycles. The zero-order chi connectivity index (χ0) is 21.9. The van der Waals surface area contributed by atoms with Crippen LogP contribution in [0.3, 0.4) is 0 Å². The number of hydrogen-bond donors (Lipinski definition) is 2. The molecule has 1 saturated heterocycles. The quantitative estimate of drug-likeness (QED) is 0.465. The maximum Gasteiger partial charge on any atom is 0.339 e. The van der Waals surface area contributed by atoms with E-state index in [-0.39, 0.29) is 5.97 Å². The number of carbonyl (C=O) groups is 1. The van der Waals surface area contributed by atoms with Gasteiger partial charge in [0.2, 0.25) is 0 Å². The van der Waals surface area contributed by atoms with Crippen molar-refractivity contribution in [2.75, 3.05) is 19.7 Å². The molecule has 32 heavy (non-hydrogen) atoms. The van der Waals surface area contributed by atoms with E-state index in [2.05, 4.69) is 25.3 Å². The molecule has 0 unspecified atom stereocenters. The number of nitrogens with one attached hydrogen (secondary N) is 2. The van der Waals surface area contributed by atoms with Gasteiger partial charge in [-0.15, -0.1) is 0 Å². The smallest absolute Gasteiger partial charge is 0.339 e. The predicted molar refractivity (Wildman–Crippen MR) is 123 cm³/mol. The van der Waals surface area contributed by atoms with Gasteiger partial charge in [-0.05, 0) is 69.1 Å². The third kappa shape index (κ3) is 4.24. The number of ether oxygens (including phenoxy) is 1. The maximum atomic E-state index is 12.6. The summed E-state index contributed by atoms with van der Waals surface area (Å²) in [5.41, 5.74) is 5.66. The van der Waals surface area contributed by atoms with Gasteiger partial charge >= 0.3 is 5.97 Å². The number of piperidine rings is 1. The molecule has 7 heteroatoms. The summed E-state index contributed by atoms with van der Waals surface area (Å²) in [7, 11) is 0. The number of aromatic nitrogens is 4. The van der Waals surface area contributed by atoms with Crippen molar-refractivity contribution < 1.29 is 9.53 Å². The van der Waals surface area contributed by atoms with Gasteiger partial charge in [-0.25, -0.2) is 9.78 Å². The van der Waals surface area contributed by atoms with Crippen LogP contribution < -0.4 is 5.32 Å². The molecule has 0 amide bonds. The predicted octanol–water partition coefficient (Wildman–Crippen LogP) is 4.15. The Bertz CT molecular complexity index is 1260. The van der Waals surface area contributed by atoms with Gasteiger partial charge in [-0.1, -0.05) is 12.1 Å². The van der Waals surface area contributed by atoms with Crippen LogP contribution in [0, 0.1) is 12.8 Å². The molecule has 0 spiro atoms. The number of H-pyrrole nitrogens is 1. The van der Waals surface area contributed by atoms with Crippen LogP contribution in [-0.4, -0.2) is 45.6 Å². The van der Waals surface area contributed by atoms with E-state index in [1.807, 2.05) is 49.4 Å². The van der Waals surface area contributed by atoms with E-state index < -0.39 is 0 Å². The third-order valence-electron chi connectivity index (χ3n) is 5.88. The minimum Gasteiger partial charge on any atom is -0.462 e. The van der Waals surface area contributed by atoms with Gasteiger partial charge < -0.3 is 15.0 Å². The minimum absolute atomic E-state index is 0.326. The van der Waals surface area contributed by atoms with Crippen LogP contribution in [0.2, 0.25) is 0 Å². The lowest BCUT2D eigenvalue weighted by molar-refractivity contribution is 0.0415.